The molecule has 1 aromatic rings. The summed E-state index contributed by atoms with van der Waals surface area (Å²) in [6.07, 6.45) is 0.822. The maximum Gasteiger partial charge on any atom is 0.275 e. The van der Waals surface area contributed by atoms with Crippen LogP contribution in [0.5, 0.6) is 5.75 Å². The van der Waals surface area contributed by atoms with Gasteiger partial charge in [-0.25, -0.2) is 0 Å². The van der Waals surface area contributed by atoms with E-state index in [9.17, 15) is 10.1 Å². The number of rotatable bonds is 8. The molecule has 1 aromatic carbocycles. The average Bonchev–Trinajstić information content (AvgIpc) is 2.37. The van der Waals surface area contributed by atoms with E-state index in [1.165, 1.54) is 12.1 Å². The molecule has 0 aliphatic carbocycles. The smallest absolute Gasteiger partial charge is 0.275 e. The number of hydrogen-bond acceptors (Lipinski definition) is 5. The van der Waals surface area contributed by atoms with Gasteiger partial charge in [-0.05, 0) is 20.3 Å². The molecule has 0 spiro atoms. The van der Waals surface area contributed by atoms with Crippen LogP contribution in [0.25, 0.3) is 0 Å². The van der Waals surface area contributed by atoms with Gasteiger partial charge in [0.15, 0.2) is 0 Å². The molecular weight excluding hydrogens is 260 g/mol. The van der Waals surface area contributed by atoms with E-state index in [2.05, 4.69) is 5.32 Å². The third kappa shape index (κ3) is 5.05. The summed E-state index contributed by atoms with van der Waals surface area (Å²) in [4.78, 5) is 10.5. The Hall–Kier alpha value is -1.82. The first kappa shape index (κ1) is 16.2. The summed E-state index contributed by atoms with van der Waals surface area (Å²) >= 11 is 0. The molecule has 0 aliphatic rings. The molecule has 0 radical (unpaired) electrons. The van der Waals surface area contributed by atoms with Crippen LogP contribution in [-0.2, 0) is 4.74 Å². The van der Waals surface area contributed by atoms with Crippen LogP contribution >= 0.6 is 0 Å². The van der Waals surface area contributed by atoms with Gasteiger partial charge in [0.2, 0.25) is 0 Å². The number of ether oxygens (including phenoxy) is 2. The molecule has 6 heteroatoms. The molecular formula is C14H22N2O4. The van der Waals surface area contributed by atoms with Gasteiger partial charge in [0, 0.05) is 31.0 Å². The summed E-state index contributed by atoms with van der Waals surface area (Å²) in [6, 6.07) is 4.81. The second-order valence-corrected chi connectivity index (χ2v) is 4.84. The molecule has 0 aromatic heterocycles. The van der Waals surface area contributed by atoms with Gasteiger partial charge in [-0.1, -0.05) is 6.92 Å². The van der Waals surface area contributed by atoms with Crippen LogP contribution in [-0.4, -0.2) is 30.8 Å². The van der Waals surface area contributed by atoms with Crippen molar-refractivity contribution in [1.29, 1.82) is 0 Å². The second kappa shape index (κ2) is 7.69. The van der Waals surface area contributed by atoms with E-state index in [0.717, 1.165) is 6.42 Å². The predicted molar refractivity (Wildman–Crippen MR) is 78.4 cm³/mol. The largest absolute Gasteiger partial charge is 0.491 e. The van der Waals surface area contributed by atoms with Crippen molar-refractivity contribution in [3.05, 3.63) is 28.3 Å². The minimum absolute atomic E-state index is 0.0120. The van der Waals surface area contributed by atoms with Crippen LogP contribution in [0.15, 0.2) is 18.2 Å². The lowest BCUT2D eigenvalue weighted by atomic mass is 10.2. The Balaban J connectivity index is 2.98. The van der Waals surface area contributed by atoms with E-state index in [0.29, 0.717) is 18.0 Å². The van der Waals surface area contributed by atoms with Gasteiger partial charge >= 0.3 is 0 Å². The van der Waals surface area contributed by atoms with Crippen molar-refractivity contribution in [1.82, 2.24) is 0 Å². The highest BCUT2D eigenvalue weighted by Gasteiger charge is 2.13. The lowest BCUT2D eigenvalue weighted by Crippen LogP contribution is -2.23. The normalized spacial score (nSPS) is 12.2. The number of methoxy groups -OCH3 is 1. The number of nitrogens with one attached hydrogen (secondary N) is 1. The molecule has 1 unspecified atom stereocenters. The van der Waals surface area contributed by atoms with Gasteiger partial charge in [-0.15, -0.1) is 0 Å². The molecule has 0 saturated heterocycles. The molecule has 1 rings (SSSR count). The number of anilines is 1. The third-order valence-electron chi connectivity index (χ3n) is 2.71. The van der Waals surface area contributed by atoms with Crippen molar-refractivity contribution < 1.29 is 14.4 Å². The Kier molecular flexibility index (Phi) is 6.24. The highest BCUT2D eigenvalue weighted by molar-refractivity contribution is 5.56. The number of nitrogens with zero attached hydrogens (tertiary/aromatic N) is 1. The second-order valence-electron chi connectivity index (χ2n) is 4.84. The van der Waals surface area contributed by atoms with Crippen LogP contribution in [0.3, 0.4) is 0 Å². The fourth-order valence-electron chi connectivity index (χ4n) is 1.81. The van der Waals surface area contributed by atoms with Crippen LogP contribution in [0.2, 0.25) is 0 Å². The fourth-order valence-corrected chi connectivity index (χ4v) is 1.81. The first-order valence-electron chi connectivity index (χ1n) is 6.67. The van der Waals surface area contributed by atoms with Crippen molar-refractivity contribution in [2.24, 2.45) is 0 Å². The predicted octanol–water partition coefficient (Wildman–Crippen LogP) is 3.22. The molecule has 0 bridgehead atoms. The van der Waals surface area contributed by atoms with Gasteiger partial charge < -0.3 is 14.8 Å². The summed E-state index contributed by atoms with van der Waals surface area (Å²) in [5.41, 5.74) is 0.677. The van der Waals surface area contributed by atoms with Crippen molar-refractivity contribution in [2.45, 2.75) is 39.3 Å². The molecule has 0 heterocycles. The molecule has 0 saturated carbocycles. The van der Waals surface area contributed by atoms with Gasteiger partial charge in [0.1, 0.15) is 5.75 Å². The summed E-state index contributed by atoms with van der Waals surface area (Å²) < 4.78 is 10.7. The zero-order chi connectivity index (χ0) is 15.1. The van der Waals surface area contributed by atoms with Gasteiger partial charge in [0.25, 0.3) is 5.69 Å². The minimum Gasteiger partial charge on any atom is -0.491 e. The van der Waals surface area contributed by atoms with E-state index >= 15 is 0 Å². The van der Waals surface area contributed by atoms with Gasteiger partial charge in [0.05, 0.1) is 23.7 Å². The number of non-ortho nitro benzene ring substituents is 1. The standard InChI is InChI=1S/C14H22N2O4/c1-5-11(9-19-4)15-12-6-13(16(17)18)8-14(7-12)20-10(2)3/h6-8,10-11,15H,5,9H2,1-4H3. The molecule has 1 atom stereocenters. The lowest BCUT2D eigenvalue weighted by molar-refractivity contribution is -0.384. The van der Waals surface area contributed by atoms with Crippen molar-refractivity contribution in [3.8, 4) is 5.75 Å². The molecule has 0 fully saturated rings. The monoisotopic (exact) mass is 282 g/mol. The van der Waals surface area contributed by atoms with Gasteiger partial charge in [-0.2, -0.15) is 0 Å². The van der Waals surface area contributed by atoms with Crippen LogP contribution in [0.1, 0.15) is 27.2 Å². The Bertz CT molecular complexity index is 449. The molecule has 112 valence electrons. The lowest BCUT2D eigenvalue weighted by Gasteiger charge is -2.18. The van der Waals surface area contributed by atoms with Crippen molar-refractivity contribution >= 4 is 11.4 Å². The molecule has 20 heavy (non-hydrogen) atoms. The molecule has 0 aliphatic heterocycles. The highest BCUT2D eigenvalue weighted by Crippen LogP contribution is 2.27. The SMILES string of the molecule is CCC(COC)Nc1cc(OC(C)C)cc([N+](=O)[O-])c1. The van der Waals surface area contributed by atoms with E-state index in [1.54, 1.807) is 13.2 Å². The maximum absolute atomic E-state index is 11.0. The summed E-state index contributed by atoms with van der Waals surface area (Å²) in [5, 5.41) is 14.2. The topological polar surface area (TPSA) is 73.6 Å². The van der Waals surface area contributed by atoms with Gasteiger partial charge in [-0.3, -0.25) is 10.1 Å². The zero-order valence-corrected chi connectivity index (χ0v) is 12.4. The molecule has 6 nitrogen and oxygen atoms in total. The molecule has 1 N–H and O–H groups in total. The maximum atomic E-state index is 11.0. The Morgan fingerprint density at radius 3 is 2.55 bits per heavy atom. The number of benzene rings is 1. The Morgan fingerprint density at radius 2 is 2.05 bits per heavy atom. The number of nitro benzene ring substituents is 1. The van der Waals surface area contributed by atoms with Crippen molar-refractivity contribution in [3.63, 3.8) is 0 Å². The zero-order valence-electron chi connectivity index (χ0n) is 12.4. The summed E-state index contributed by atoms with van der Waals surface area (Å²) in [7, 11) is 1.63. The first-order valence-corrected chi connectivity index (χ1v) is 6.67. The van der Waals surface area contributed by atoms with Crippen LogP contribution in [0, 0.1) is 10.1 Å². The number of nitro groups is 1. The average molecular weight is 282 g/mol. The van der Waals surface area contributed by atoms with E-state index in [-0.39, 0.29) is 17.8 Å². The van der Waals surface area contributed by atoms with E-state index in [1.807, 2.05) is 20.8 Å². The van der Waals surface area contributed by atoms with Crippen LogP contribution in [0.4, 0.5) is 11.4 Å². The summed E-state index contributed by atoms with van der Waals surface area (Å²) in [6.45, 7) is 6.33. The number of hydrogen-bond donors (Lipinski definition) is 1. The van der Waals surface area contributed by atoms with Crippen molar-refractivity contribution in [2.75, 3.05) is 19.0 Å². The Morgan fingerprint density at radius 1 is 1.35 bits per heavy atom. The van der Waals surface area contributed by atoms with E-state index < -0.39 is 4.92 Å². The quantitative estimate of drug-likeness (QED) is 0.585. The minimum atomic E-state index is -0.421. The summed E-state index contributed by atoms with van der Waals surface area (Å²) in [5.74, 6) is 0.490. The fraction of sp³-hybridized carbons (Fsp3) is 0.571. The molecule has 0 amide bonds. The first-order chi connectivity index (χ1) is 9.46. The highest BCUT2D eigenvalue weighted by atomic mass is 16.6. The third-order valence-corrected chi connectivity index (χ3v) is 2.71. The Labute approximate surface area is 119 Å². The van der Waals surface area contributed by atoms with E-state index in [4.69, 9.17) is 9.47 Å². The van der Waals surface area contributed by atoms with Crippen LogP contribution < -0.4 is 10.1 Å².